The number of aromatic nitrogens is 1. The number of nitrogens with zero attached hydrogens (tertiary/aromatic N) is 1. The topological polar surface area (TPSA) is 22.1 Å². The predicted octanol–water partition coefficient (Wildman–Crippen LogP) is 3.73. The van der Waals surface area contributed by atoms with Crippen LogP contribution in [-0.4, -0.2) is 4.98 Å². The van der Waals surface area contributed by atoms with Crippen LogP contribution in [-0.2, 0) is 6.61 Å². The second-order valence-corrected chi connectivity index (χ2v) is 4.32. The number of ether oxygens (including phenoxy) is 1. The van der Waals surface area contributed by atoms with Crippen molar-refractivity contribution in [3.05, 3.63) is 58.3 Å². The van der Waals surface area contributed by atoms with Crippen molar-refractivity contribution in [3.63, 3.8) is 0 Å². The molecule has 0 fully saturated rings. The highest BCUT2D eigenvalue weighted by molar-refractivity contribution is 9.10. The molecule has 3 heteroatoms. The summed E-state index contributed by atoms with van der Waals surface area (Å²) in [5, 5.41) is 0. The minimum Gasteiger partial charge on any atom is -0.486 e. The molecule has 1 heterocycles. The Bertz CT molecular complexity index is 485. The number of halogens is 1. The normalized spacial score (nSPS) is 10.1. The molecule has 16 heavy (non-hydrogen) atoms. The Morgan fingerprint density at radius 3 is 2.88 bits per heavy atom. The lowest BCUT2D eigenvalue weighted by molar-refractivity contribution is 0.302. The zero-order valence-corrected chi connectivity index (χ0v) is 10.6. The molecule has 0 bridgehead atoms. The van der Waals surface area contributed by atoms with Crippen molar-refractivity contribution < 1.29 is 4.74 Å². The number of aryl methyl sites for hydroxylation is 1. The lowest BCUT2D eigenvalue weighted by Gasteiger charge is -2.07. The highest BCUT2D eigenvalue weighted by Gasteiger charge is 2.01. The molecular weight excluding hydrogens is 266 g/mol. The Morgan fingerprint density at radius 2 is 2.12 bits per heavy atom. The zero-order valence-electron chi connectivity index (χ0n) is 8.98. The molecule has 82 valence electrons. The van der Waals surface area contributed by atoms with Crippen LogP contribution in [0.4, 0.5) is 0 Å². The number of hydrogen-bond donors (Lipinski definition) is 0. The van der Waals surface area contributed by atoms with E-state index < -0.39 is 0 Å². The standard InChI is InChI=1S/C13H12BrNO/c1-10-4-2-5-11(8-10)9-16-12-6-3-7-15-13(12)14/h2-8H,9H2,1H3. The fourth-order valence-corrected chi connectivity index (χ4v) is 1.81. The number of benzene rings is 1. The van der Waals surface area contributed by atoms with Gasteiger partial charge in [0, 0.05) is 6.20 Å². The van der Waals surface area contributed by atoms with Gasteiger partial charge in [-0.05, 0) is 40.5 Å². The van der Waals surface area contributed by atoms with Crippen molar-refractivity contribution in [1.29, 1.82) is 0 Å². The second-order valence-electron chi connectivity index (χ2n) is 3.57. The van der Waals surface area contributed by atoms with Gasteiger partial charge < -0.3 is 4.74 Å². The average Bonchev–Trinajstić information content (AvgIpc) is 2.28. The van der Waals surface area contributed by atoms with Gasteiger partial charge >= 0.3 is 0 Å². The molecule has 0 aliphatic rings. The maximum atomic E-state index is 5.67. The third-order valence-electron chi connectivity index (χ3n) is 2.20. The van der Waals surface area contributed by atoms with Crippen LogP contribution in [0.5, 0.6) is 5.75 Å². The molecule has 0 N–H and O–H groups in total. The summed E-state index contributed by atoms with van der Waals surface area (Å²) in [5.41, 5.74) is 2.40. The van der Waals surface area contributed by atoms with Crippen LogP contribution in [0.1, 0.15) is 11.1 Å². The van der Waals surface area contributed by atoms with Crippen LogP contribution in [0.15, 0.2) is 47.2 Å². The largest absolute Gasteiger partial charge is 0.486 e. The van der Waals surface area contributed by atoms with Crippen molar-refractivity contribution in [2.45, 2.75) is 13.5 Å². The second kappa shape index (κ2) is 5.12. The fourth-order valence-electron chi connectivity index (χ4n) is 1.44. The summed E-state index contributed by atoms with van der Waals surface area (Å²) in [6.45, 7) is 2.63. The number of pyridine rings is 1. The predicted molar refractivity (Wildman–Crippen MR) is 67.4 cm³/mol. The zero-order chi connectivity index (χ0) is 11.4. The molecule has 2 nitrogen and oxygen atoms in total. The molecule has 0 aliphatic carbocycles. The van der Waals surface area contributed by atoms with Crippen LogP contribution in [0.2, 0.25) is 0 Å². The first-order chi connectivity index (χ1) is 7.75. The van der Waals surface area contributed by atoms with Gasteiger partial charge in [-0.1, -0.05) is 29.8 Å². The first kappa shape index (κ1) is 11.1. The molecule has 0 unspecified atom stereocenters. The van der Waals surface area contributed by atoms with E-state index in [1.165, 1.54) is 5.56 Å². The van der Waals surface area contributed by atoms with Crippen molar-refractivity contribution in [1.82, 2.24) is 4.98 Å². The Balaban J connectivity index is 2.05. The highest BCUT2D eigenvalue weighted by atomic mass is 79.9. The molecular formula is C13H12BrNO. The van der Waals surface area contributed by atoms with Crippen LogP contribution >= 0.6 is 15.9 Å². The summed E-state index contributed by atoms with van der Waals surface area (Å²) in [6.07, 6.45) is 1.73. The summed E-state index contributed by atoms with van der Waals surface area (Å²) in [5.74, 6) is 0.768. The Kier molecular flexibility index (Phi) is 3.57. The van der Waals surface area contributed by atoms with Gasteiger partial charge in [0.25, 0.3) is 0 Å². The average molecular weight is 278 g/mol. The molecule has 0 saturated carbocycles. The summed E-state index contributed by atoms with van der Waals surface area (Å²) in [7, 11) is 0. The third kappa shape index (κ3) is 2.83. The van der Waals surface area contributed by atoms with Crippen LogP contribution in [0, 0.1) is 6.92 Å². The van der Waals surface area contributed by atoms with Gasteiger partial charge in [-0.3, -0.25) is 0 Å². The van der Waals surface area contributed by atoms with Gasteiger partial charge in [0.2, 0.25) is 0 Å². The smallest absolute Gasteiger partial charge is 0.152 e. The van der Waals surface area contributed by atoms with Crippen molar-refractivity contribution >= 4 is 15.9 Å². The summed E-state index contributed by atoms with van der Waals surface area (Å²) in [4.78, 5) is 4.10. The Hall–Kier alpha value is -1.35. The first-order valence-electron chi connectivity index (χ1n) is 5.04. The fraction of sp³-hybridized carbons (Fsp3) is 0.154. The number of hydrogen-bond acceptors (Lipinski definition) is 2. The summed E-state index contributed by atoms with van der Waals surface area (Å²) >= 11 is 3.35. The summed E-state index contributed by atoms with van der Waals surface area (Å²) < 4.78 is 6.41. The van der Waals surface area contributed by atoms with Gasteiger partial charge in [-0.2, -0.15) is 0 Å². The Labute approximate surface area is 103 Å². The van der Waals surface area contributed by atoms with Gasteiger partial charge in [0.15, 0.2) is 5.75 Å². The Morgan fingerprint density at radius 1 is 1.25 bits per heavy atom. The molecule has 0 saturated heterocycles. The molecule has 0 aliphatic heterocycles. The molecule has 2 aromatic rings. The first-order valence-corrected chi connectivity index (χ1v) is 5.84. The van der Waals surface area contributed by atoms with E-state index in [-0.39, 0.29) is 0 Å². The van der Waals surface area contributed by atoms with Crippen molar-refractivity contribution in [2.24, 2.45) is 0 Å². The van der Waals surface area contributed by atoms with E-state index in [1.807, 2.05) is 18.2 Å². The van der Waals surface area contributed by atoms with Crippen LogP contribution in [0.3, 0.4) is 0 Å². The van der Waals surface area contributed by atoms with Gasteiger partial charge in [0.1, 0.15) is 11.2 Å². The molecule has 1 aromatic heterocycles. The molecule has 2 rings (SSSR count). The number of rotatable bonds is 3. The van der Waals surface area contributed by atoms with Gasteiger partial charge in [0.05, 0.1) is 0 Å². The summed E-state index contributed by atoms with van der Waals surface area (Å²) in [6, 6.07) is 12.0. The van der Waals surface area contributed by atoms with E-state index in [4.69, 9.17) is 4.74 Å². The molecule has 1 aromatic carbocycles. The molecule has 0 radical (unpaired) electrons. The highest BCUT2D eigenvalue weighted by Crippen LogP contribution is 2.22. The third-order valence-corrected chi connectivity index (χ3v) is 2.80. The van der Waals surface area contributed by atoms with Crippen LogP contribution < -0.4 is 4.74 Å². The van der Waals surface area contributed by atoms with Crippen molar-refractivity contribution in [2.75, 3.05) is 0 Å². The molecule has 0 spiro atoms. The lowest BCUT2D eigenvalue weighted by Crippen LogP contribution is -1.96. The molecule has 0 atom stereocenters. The SMILES string of the molecule is Cc1cccc(COc2cccnc2Br)c1. The van der Waals surface area contributed by atoms with E-state index in [1.54, 1.807) is 6.20 Å². The van der Waals surface area contributed by atoms with E-state index in [0.717, 1.165) is 15.9 Å². The van der Waals surface area contributed by atoms with E-state index in [2.05, 4.69) is 46.0 Å². The maximum absolute atomic E-state index is 5.67. The van der Waals surface area contributed by atoms with Crippen molar-refractivity contribution in [3.8, 4) is 5.75 Å². The van der Waals surface area contributed by atoms with E-state index in [9.17, 15) is 0 Å². The quantitative estimate of drug-likeness (QED) is 0.798. The maximum Gasteiger partial charge on any atom is 0.152 e. The van der Waals surface area contributed by atoms with E-state index in [0.29, 0.717) is 6.61 Å². The van der Waals surface area contributed by atoms with Gasteiger partial charge in [-0.15, -0.1) is 0 Å². The van der Waals surface area contributed by atoms with E-state index >= 15 is 0 Å². The minimum atomic E-state index is 0.561. The molecule has 0 amide bonds. The monoisotopic (exact) mass is 277 g/mol. The lowest BCUT2D eigenvalue weighted by atomic mass is 10.1. The van der Waals surface area contributed by atoms with Crippen LogP contribution in [0.25, 0.3) is 0 Å². The minimum absolute atomic E-state index is 0.561. The van der Waals surface area contributed by atoms with Gasteiger partial charge in [-0.25, -0.2) is 4.98 Å².